The summed E-state index contributed by atoms with van der Waals surface area (Å²) in [5, 5.41) is 0. The van der Waals surface area contributed by atoms with Gasteiger partial charge < -0.3 is 10.5 Å². The number of halogens is 2. The molecule has 0 aliphatic carbocycles. The zero-order chi connectivity index (χ0) is 15.0. The number of carbonyl (C=O) groups is 1. The van der Waals surface area contributed by atoms with Gasteiger partial charge in [-0.05, 0) is 31.0 Å². The number of nitrogens with two attached hydrogens (primary N) is 1. The summed E-state index contributed by atoms with van der Waals surface area (Å²) in [6.07, 6.45) is 0. The molecule has 2 aromatic rings. The van der Waals surface area contributed by atoms with Crippen LogP contribution in [0.1, 0.15) is 20.8 Å². The quantitative estimate of drug-likeness (QED) is 0.860. The molecule has 3 nitrogen and oxygen atoms in total. The lowest BCUT2D eigenvalue weighted by Crippen LogP contribution is -2.01. The predicted molar refractivity (Wildman–Crippen MR) is 74.9 cm³/mol. The molecule has 6 heteroatoms. The Morgan fingerprint density at radius 3 is 2.50 bits per heavy atom. The molecule has 106 valence electrons. The molecule has 0 atom stereocenters. The van der Waals surface area contributed by atoms with E-state index < -0.39 is 17.6 Å². The van der Waals surface area contributed by atoms with Crippen molar-refractivity contribution in [2.45, 2.75) is 13.8 Å². The summed E-state index contributed by atoms with van der Waals surface area (Å²) < 4.78 is 31.9. The van der Waals surface area contributed by atoms with Crippen molar-refractivity contribution in [3.63, 3.8) is 0 Å². The largest absolute Gasteiger partial charge is 0.465 e. The number of rotatable bonds is 2. The number of ether oxygens (including phenoxy) is 1. The van der Waals surface area contributed by atoms with Gasteiger partial charge in [0.1, 0.15) is 16.5 Å². The standard InChI is InChI=1S/C14H13F2NO2S/c1-6-4-8(10(16)5-9(6)15)12-7(2)11(17)13(20-12)14(18)19-3/h4-5H,17H2,1-3H3. The Morgan fingerprint density at radius 1 is 1.25 bits per heavy atom. The zero-order valence-corrected chi connectivity index (χ0v) is 12.0. The third kappa shape index (κ3) is 2.27. The molecular weight excluding hydrogens is 284 g/mol. The minimum atomic E-state index is -0.686. The number of aryl methyl sites for hydroxylation is 1. The average molecular weight is 297 g/mol. The Labute approximate surface area is 119 Å². The monoisotopic (exact) mass is 297 g/mol. The van der Waals surface area contributed by atoms with Crippen molar-refractivity contribution in [3.05, 3.63) is 39.8 Å². The van der Waals surface area contributed by atoms with E-state index in [0.29, 0.717) is 16.0 Å². The van der Waals surface area contributed by atoms with Crippen molar-refractivity contribution in [1.29, 1.82) is 0 Å². The second-order valence-corrected chi connectivity index (χ2v) is 5.39. The first-order valence-corrected chi connectivity index (χ1v) is 6.61. The maximum absolute atomic E-state index is 13.9. The third-order valence-electron chi connectivity index (χ3n) is 3.06. The first-order chi connectivity index (χ1) is 9.36. The molecule has 1 aromatic carbocycles. The highest BCUT2D eigenvalue weighted by molar-refractivity contribution is 7.18. The summed E-state index contributed by atoms with van der Waals surface area (Å²) in [4.78, 5) is 12.3. The third-order valence-corrected chi connectivity index (χ3v) is 4.38. The van der Waals surface area contributed by atoms with Gasteiger partial charge in [-0.15, -0.1) is 11.3 Å². The number of hydrogen-bond acceptors (Lipinski definition) is 4. The number of carbonyl (C=O) groups excluding carboxylic acids is 1. The second-order valence-electron chi connectivity index (χ2n) is 4.37. The highest BCUT2D eigenvalue weighted by Crippen LogP contribution is 2.40. The van der Waals surface area contributed by atoms with Gasteiger partial charge >= 0.3 is 5.97 Å². The van der Waals surface area contributed by atoms with E-state index in [1.54, 1.807) is 13.8 Å². The first kappa shape index (κ1) is 14.5. The smallest absolute Gasteiger partial charge is 0.350 e. The molecule has 0 saturated carbocycles. The van der Waals surface area contributed by atoms with Crippen LogP contribution in [0.3, 0.4) is 0 Å². The first-order valence-electron chi connectivity index (χ1n) is 5.80. The van der Waals surface area contributed by atoms with Gasteiger partial charge in [0.2, 0.25) is 0 Å². The zero-order valence-electron chi connectivity index (χ0n) is 11.2. The molecule has 0 aliphatic rings. The number of nitrogen functional groups attached to an aromatic ring is 1. The average Bonchev–Trinajstić information content (AvgIpc) is 2.70. The fourth-order valence-electron chi connectivity index (χ4n) is 1.86. The Hall–Kier alpha value is -1.95. The van der Waals surface area contributed by atoms with Gasteiger partial charge in [0.25, 0.3) is 0 Å². The molecule has 0 radical (unpaired) electrons. The van der Waals surface area contributed by atoms with E-state index >= 15 is 0 Å². The van der Waals surface area contributed by atoms with E-state index in [9.17, 15) is 13.6 Å². The van der Waals surface area contributed by atoms with Crippen LogP contribution in [0.4, 0.5) is 14.5 Å². The molecule has 2 rings (SSSR count). The van der Waals surface area contributed by atoms with Crippen molar-refractivity contribution < 1.29 is 18.3 Å². The number of hydrogen-bond donors (Lipinski definition) is 1. The van der Waals surface area contributed by atoms with Crippen LogP contribution in [0.25, 0.3) is 10.4 Å². The molecule has 0 spiro atoms. The highest BCUT2D eigenvalue weighted by atomic mass is 32.1. The fourth-order valence-corrected chi connectivity index (χ4v) is 3.02. The molecule has 1 heterocycles. The lowest BCUT2D eigenvalue weighted by molar-refractivity contribution is 0.0607. The van der Waals surface area contributed by atoms with Gasteiger partial charge in [-0.3, -0.25) is 0 Å². The van der Waals surface area contributed by atoms with Crippen LogP contribution in [0.15, 0.2) is 12.1 Å². The van der Waals surface area contributed by atoms with Crippen LogP contribution in [-0.4, -0.2) is 13.1 Å². The van der Waals surface area contributed by atoms with Crippen LogP contribution < -0.4 is 5.73 Å². The Morgan fingerprint density at radius 2 is 1.90 bits per heavy atom. The molecule has 0 saturated heterocycles. The summed E-state index contributed by atoms with van der Waals surface area (Å²) >= 11 is 1.04. The molecular formula is C14H13F2NO2S. The molecule has 0 unspecified atom stereocenters. The molecule has 0 amide bonds. The van der Waals surface area contributed by atoms with E-state index in [-0.39, 0.29) is 16.1 Å². The van der Waals surface area contributed by atoms with Crippen LogP contribution in [0, 0.1) is 25.5 Å². The minimum absolute atomic E-state index is 0.223. The number of anilines is 1. The van der Waals surface area contributed by atoms with Gasteiger partial charge in [0, 0.05) is 16.5 Å². The highest BCUT2D eigenvalue weighted by Gasteiger charge is 2.22. The predicted octanol–water partition coefficient (Wildman–Crippen LogP) is 3.68. The van der Waals surface area contributed by atoms with Gasteiger partial charge in [0.05, 0.1) is 12.8 Å². The SMILES string of the molecule is COC(=O)c1sc(-c2cc(C)c(F)cc2F)c(C)c1N. The molecule has 0 aliphatic heterocycles. The van der Waals surface area contributed by atoms with Crippen LogP contribution >= 0.6 is 11.3 Å². The molecule has 0 bridgehead atoms. The van der Waals surface area contributed by atoms with Gasteiger partial charge in [-0.25, -0.2) is 13.6 Å². The fraction of sp³-hybridized carbons (Fsp3) is 0.214. The Kier molecular flexibility index (Phi) is 3.76. The molecule has 0 fully saturated rings. The summed E-state index contributed by atoms with van der Waals surface area (Å²) in [6.45, 7) is 3.23. The maximum Gasteiger partial charge on any atom is 0.350 e. The number of esters is 1. The van der Waals surface area contributed by atoms with Crippen LogP contribution in [0.2, 0.25) is 0 Å². The summed E-state index contributed by atoms with van der Waals surface area (Å²) in [5.74, 6) is -1.86. The van der Waals surface area contributed by atoms with Crippen molar-refractivity contribution in [2.24, 2.45) is 0 Å². The van der Waals surface area contributed by atoms with E-state index in [1.165, 1.54) is 13.2 Å². The summed E-state index contributed by atoms with van der Waals surface area (Å²) in [6, 6.07) is 2.24. The van der Waals surface area contributed by atoms with E-state index in [4.69, 9.17) is 5.73 Å². The summed E-state index contributed by atoms with van der Waals surface area (Å²) in [7, 11) is 1.25. The van der Waals surface area contributed by atoms with E-state index in [1.807, 2.05) is 0 Å². The lowest BCUT2D eigenvalue weighted by Gasteiger charge is -2.05. The topological polar surface area (TPSA) is 52.3 Å². The van der Waals surface area contributed by atoms with E-state index in [2.05, 4.69) is 4.74 Å². The van der Waals surface area contributed by atoms with E-state index in [0.717, 1.165) is 17.4 Å². The van der Waals surface area contributed by atoms with Crippen LogP contribution in [0.5, 0.6) is 0 Å². The molecule has 2 N–H and O–H groups in total. The second kappa shape index (κ2) is 5.20. The van der Waals surface area contributed by atoms with Gasteiger partial charge in [0.15, 0.2) is 0 Å². The maximum atomic E-state index is 13.9. The minimum Gasteiger partial charge on any atom is -0.465 e. The molecule has 1 aromatic heterocycles. The van der Waals surface area contributed by atoms with Gasteiger partial charge in [-0.2, -0.15) is 0 Å². The van der Waals surface area contributed by atoms with Gasteiger partial charge in [-0.1, -0.05) is 0 Å². The Balaban J connectivity index is 2.65. The van der Waals surface area contributed by atoms with Crippen molar-refractivity contribution in [3.8, 4) is 10.4 Å². The van der Waals surface area contributed by atoms with Crippen molar-refractivity contribution >= 4 is 23.0 Å². The lowest BCUT2D eigenvalue weighted by atomic mass is 10.1. The van der Waals surface area contributed by atoms with Crippen LogP contribution in [-0.2, 0) is 4.74 Å². The van der Waals surface area contributed by atoms with Crippen molar-refractivity contribution in [1.82, 2.24) is 0 Å². The molecule has 20 heavy (non-hydrogen) atoms. The normalized spacial score (nSPS) is 10.7. The number of thiophene rings is 1. The Bertz CT molecular complexity index is 695. The summed E-state index contributed by atoms with van der Waals surface area (Å²) in [5.41, 5.74) is 7.25. The number of methoxy groups -OCH3 is 1. The van der Waals surface area contributed by atoms with Crippen molar-refractivity contribution in [2.75, 3.05) is 12.8 Å². The number of benzene rings is 1.